The second-order valence-electron chi connectivity index (χ2n) is 6.05. The van der Waals surface area contributed by atoms with Crippen LogP contribution in [0.25, 0.3) is 21.5 Å². The first-order valence-corrected chi connectivity index (χ1v) is 7.92. The molecule has 7 heteroatoms. The molecule has 0 saturated heterocycles. The van der Waals surface area contributed by atoms with Crippen LogP contribution in [0.1, 0.15) is 0 Å². The van der Waals surface area contributed by atoms with Crippen molar-refractivity contribution in [3.05, 3.63) is 77.9 Å². The molecule has 4 aromatic rings. The summed E-state index contributed by atoms with van der Waals surface area (Å²) in [5.41, 5.74) is -0.734. The molecule has 0 aliphatic heterocycles. The maximum atomic E-state index is 14.1. The predicted octanol–water partition coefficient (Wildman–Crippen LogP) is 5.85. The number of hydrogen-bond donors (Lipinski definition) is 0. The van der Waals surface area contributed by atoms with Gasteiger partial charge < -0.3 is 4.90 Å². The van der Waals surface area contributed by atoms with Crippen molar-refractivity contribution in [2.45, 2.75) is 0 Å². The second-order valence-corrected chi connectivity index (χ2v) is 6.05. The largest absolute Gasteiger partial charge is 0.340 e. The van der Waals surface area contributed by atoms with Crippen LogP contribution in [0.15, 0.2) is 48.8 Å². The summed E-state index contributed by atoms with van der Waals surface area (Å²) >= 11 is 0. The molecule has 1 heterocycles. The van der Waals surface area contributed by atoms with Gasteiger partial charge in [-0.25, -0.2) is 22.0 Å². The Morgan fingerprint density at radius 3 is 2.04 bits per heavy atom. The van der Waals surface area contributed by atoms with E-state index in [1.54, 1.807) is 30.6 Å². The van der Waals surface area contributed by atoms with Crippen LogP contribution in [0.5, 0.6) is 0 Å². The molecule has 0 bridgehead atoms. The summed E-state index contributed by atoms with van der Waals surface area (Å²) in [5.74, 6) is -9.89. The molecule has 0 fully saturated rings. The summed E-state index contributed by atoms with van der Waals surface area (Å²) < 4.78 is 68.5. The van der Waals surface area contributed by atoms with E-state index in [2.05, 4.69) is 4.98 Å². The van der Waals surface area contributed by atoms with Crippen LogP contribution < -0.4 is 4.90 Å². The molecule has 4 rings (SSSR count). The highest BCUT2D eigenvalue weighted by Crippen LogP contribution is 2.35. The zero-order chi connectivity index (χ0) is 19.3. The number of rotatable bonds is 2. The van der Waals surface area contributed by atoms with E-state index in [0.29, 0.717) is 0 Å². The summed E-state index contributed by atoms with van der Waals surface area (Å²) in [4.78, 5) is 5.02. The van der Waals surface area contributed by atoms with Gasteiger partial charge in [-0.1, -0.05) is 18.2 Å². The van der Waals surface area contributed by atoms with Crippen LogP contribution in [0, 0.1) is 29.1 Å². The van der Waals surface area contributed by atoms with Gasteiger partial charge in [-0.15, -0.1) is 0 Å². The Hall–Kier alpha value is -3.22. The zero-order valence-corrected chi connectivity index (χ0v) is 13.9. The lowest BCUT2D eigenvalue weighted by Crippen LogP contribution is -2.16. The number of benzene rings is 3. The third-order valence-corrected chi connectivity index (χ3v) is 4.53. The van der Waals surface area contributed by atoms with Crippen LogP contribution in [0.2, 0.25) is 0 Å². The van der Waals surface area contributed by atoms with Gasteiger partial charge in [0.05, 0.1) is 0 Å². The van der Waals surface area contributed by atoms with Crippen molar-refractivity contribution in [2.24, 2.45) is 0 Å². The lowest BCUT2D eigenvalue weighted by molar-refractivity contribution is 0.380. The van der Waals surface area contributed by atoms with E-state index >= 15 is 0 Å². The third-order valence-electron chi connectivity index (χ3n) is 4.53. The van der Waals surface area contributed by atoms with Crippen molar-refractivity contribution in [3.8, 4) is 0 Å². The molecule has 0 radical (unpaired) electrons. The number of hydrogen-bond acceptors (Lipinski definition) is 2. The van der Waals surface area contributed by atoms with Crippen LogP contribution >= 0.6 is 0 Å². The number of anilines is 2. The first-order valence-electron chi connectivity index (χ1n) is 7.92. The first kappa shape index (κ1) is 17.2. The number of fused-ring (bicyclic) bond motifs is 3. The van der Waals surface area contributed by atoms with Gasteiger partial charge in [-0.3, -0.25) is 4.98 Å². The minimum absolute atomic E-state index is 0.272. The fourth-order valence-electron chi connectivity index (χ4n) is 3.11. The van der Waals surface area contributed by atoms with Gasteiger partial charge in [0.15, 0.2) is 23.3 Å². The van der Waals surface area contributed by atoms with E-state index in [0.717, 1.165) is 26.4 Å². The van der Waals surface area contributed by atoms with Gasteiger partial charge in [-0.05, 0) is 34.4 Å². The molecule has 1 aromatic heterocycles. The fraction of sp³-hybridized carbons (Fsp3) is 0.0500. The molecule has 0 N–H and O–H groups in total. The molecule has 136 valence electrons. The molecule has 0 spiro atoms. The standard InChI is InChI=1S/C20H11F5N2/c1-27(20-18(24)16(22)15(21)17(23)19(20)25)12-4-5-13-11(8-12)3-2-10-6-7-26-9-14(10)13/h2-9H,1H3. The summed E-state index contributed by atoms with van der Waals surface area (Å²) in [6, 6.07) is 10.4. The van der Waals surface area contributed by atoms with E-state index in [1.807, 2.05) is 18.2 Å². The molecule has 3 aromatic carbocycles. The molecule has 0 aliphatic carbocycles. The summed E-state index contributed by atoms with van der Waals surface area (Å²) in [7, 11) is 1.24. The van der Waals surface area contributed by atoms with Gasteiger partial charge >= 0.3 is 0 Å². The summed E-state index contributed by atoms with van der Waals surface area (Å²) in [5, 5.41) is 3.46. The van der Waals surface area contributed by atoms with Crippen molar-refractivity contribution in [1.29, 1.82) is 0 Å². The van der Waals surface area contributed by atoms with E-state index < -0.39 is 34.8 Å². The van der Waals surface area contributed by atoms with Gasteiger partial charge in [0, 0.05) is 30.5 Å². The molecule has 0 saturated carbocycles. The van der Waals surface area contributed by atoms with Gasteiger partial charge in [-0.2, -0.15) is 0 Å². The highest BCUT2D eigenvalue weighted by atomic mass is 19.2. The fourth-order valence-corrected chi connectivity index (χ4v) is 3.11. The SMILES string of the molecule is CN(c1ccc2c(ccc3ccncc32)c1)c1c(F)c(F)c(F)c(F)c1F. The number of nitrogens with zero attached hydrogens (tertiary/aromatic N) is 2. The van der Waals surface area contributed by atoms with Crippen LogP contribution in [-0.4, -0.2) is 12.0 Å². The van der Waals surface area contributed by atoms with Crippen LogP contribution in [0.4, 0.5) is 33.3 Å². The Kier molecular flexibility index (Phi) is 3.95. The van der Waals surface area contributed by atoms with Crippen molar-refractivity contribution in [3.63, 3.8) is 0 Å². The van der Waals surface area contributed by atoms with Crippen LogP contribution in [0.3, 0.4) is 0 Å². The average molecular weight is 374 g/mol. The van der Waals surface area contributed by atoms with Gasteiger partial charge in [0.1, 0.15) is 5.69 Å². The predicted molar refractivity (Wildman–Crippen MR) is 93.5 cm³/mol. The Bertz CT molecular complexity index is 1180. The highest BCUT2D eigenvalue weighted by molar-refractivity contribution is 6.07. The molecule has 0 atom stereocenters. The minimum atomic E-state index is -2.18. The quantitative estimate of drug-likeness (QED) is 0.189. The maximum absolute atomic E-state index is 14.1. The monoisotopic (exact) mass is 374 g/mol. The summed E-state index contributed by atoms with van der Waals surface area (Å²) in [6.07, 6.45) is 3.37. The first-order chi connectivity index (χ1) is 12.9. The number of aromatic nitrogens is 1. The molecule has 27 heavy (non-hydrogen) atoms. The zero-order valence-electron chi connectivity index (χ0n) is 13.9. The Balaban J connectivity index is 1.89. The Labute approximate surface area is 150 Å². The lowest BCUT2D eigenvalue weighted by atomic mass is 10.0. The average Bonchev–Trinajstić information content (AvgIpc) is 2.70. The highest BCUT2D eigenvalue weighted by Gasteiger charge is 2.28. The molecule has 0 amide bonds. The molecule has 2 nitrogen and oxygen atoms in total. The molecule has 0 aliphatic rings. The lowest BCUT2D eigenvalue weighted by Gasteiger charge is -2.22. The normalized spacial score (nSPS) is 11.3. The topological polar surface area (TPSA) is 16.1 Å². The molecular weight excluding hydrogens is 363 g/mol. The van der Waals surface area contributed by atoms with Gasteiger partial charge in [0.25, 0.3) is 0 Å². The van der Waals surface area contributed by atoms with Crippen molar-refractivity contribution < 1.29 is 22.0 Å². The second kappa shape index (κ2) is 6.19. The van der Waals surface area contributed by atoms with Crippen LogP contribution in [-0.2, 0) is 0 Å². The molecule has 0 unspecified atom stereocenters. The van der Waals surface area contributed by atoms with Crippen molar-refractivity contribution in [2.75, 3.05) is 11.9 Å². The number of halogens is 5. The minimum Gasteiger partial charge on any atom is -0.340 e. The van der Waals surface area contributed by atoms with E-state index in [-0.39, 0.29) is 5.69 Å². The Morgan fingerprint density at radius 1 is 0.704 bits per heavy atom. The smallest absolute Gasteiger partial charge is 0.200 e. The number of pyridine rings is 1. The summed E-state index contributed by atoms with van der Waals surface area (Å²) in [6.45, 7) is 0. The third kappa shape index (κ3) is 2.58. The molecular formula is C20H11F5N2. The van der Waals surface area contributed by atoms with Crippen molar-refractivity contribution in [1.82, 2.24) is 4.98 Å². The van der Waals surface area contributed by atoms with Gasteiger partial charge in [0.2, 0.25) is 5.82 Å². The van der Waals surface area contributed by atoms with E-state index in [9.17, 15) is 22.0 Å². The van der Waals surface area contributed by atoms with E-state index in [4.69, 9.17) is 0 Å². The van der Waals surface area contributed by atoms with E-state index in [1.165, 1.54) is 7.05 Å². The Morgan fingerprint density at radius 2 is 1.33 bits per heavy atom. The van der Waals surface area contributed by atoms with Crippen molar-refractivity contribution >= 4 is 32.9 Å². The maximum Gasteiger partial charge on any atom is 0.200 e.